The minimum Gasteiger partial charge on any atom is -0.356 e. The van der Waals surface area contributed by atoms with E-state index in [2.05, 4.69) is 80.0 Å². The molecule has 0 radical (unpaired) electrons. The highest BCUT2D eigenvalue weighted by Gasteiger charge is 2.16. The van der Waals surface area contributed by atoms with Gasteiger partial charge in [-0.15, -0.1) is 24.0 Å². The van der Waals surface area contributed by atoms with Gasteiger partial charge in [-0.1, -0.05) is 60.7 Å². The van der Waals surface area contributed by atoms with Crippen molar-refractivity contribution in [1.29, 1.82) is 0 Å². The van der Waals surface area contributed by atoms with Crippen LogP contribution in [0.2, 0.25) is 0 Å². The van der Waals surface area contributed by atoms with Crippen LogP contribution in [0.15, 0.2) is 65.7 Å². The van der Waals surface area contributed by atoms with Gasteiger partial charge in [-0.2, -0.15) is 0 Å². The summed E-state index contributed by atoms with van der Waals surface area (Å²) in [5.41, 5.74) is 2.68. The average Bonchev–Trinajstić information content (AvgIpc) is 2.78. The zero-order valence-electron chi connectivity index (χ0n) is 18.1. The molecular formula is C24H36IN5. The first-order chi connectivity index (χ1) is 14.3. The molecule has 2 aromatic rings. The van der Waals surface area contributed by atoms with Crippen molar-refractivity contribution in [2.24, 2.45) is 4.99 Å². The second-order valence-corrected chi connectivity index (χ2v) is 7.65. The highest BCUT2D eigenvalue weighted by molar-refractivity contribution is 14.0. The van der Waals surface area contributed by atoms with E-state index in [1.165, 1.54) is 50.3 Å². The van der Waals surface area contributed by atoms with Gasteiger partial charge in [0.25, 0.3) is 0 Å². The Bertz CT molecular complexity index is 715. The lowest BCUT2D eigenvalue weighted by Gasteiger charge is -2.34. The van der Waals surface area contributed by atoms with Crippen LogP contribution in [0.25, 0.3) is 0 Å². The van der Waals surface area contributed by atoms with Gasteiger partial charge in [0.05, 0.1) is 0 Å². The van der Waals surface area contributed by atoms with Gasteiger partial charge in [-0.05, 0) is 30.5 Å². The Kier molecular flexibility index (Phi) is 11.8. The van der Waals surface area contributed by atoms with Crippen LogP contribution in [0.3, 0.4) is 0 Å². The minimum absolute atomic E-state index is 0. The van der Waals surface area contributed by atoms with Crippen molar-refractivity contribution in [1.82, 2.24) is 20.4 Å². The van der Waals surface area contributed by atoms with E-state index in [1.807, 2.05) is 13.1 Å². The maximum Gasteiger partial charge on any atom is 0.191 e. The molecule has 1 heterocycles. The Balaban J connectivity index is 0.00000320. The maximum absolute atomic E-state index is 4.31. The van der Waals surface area contributed by atoms with Crippen LogP contribution in [0.4, 0.5) is 0 Å². The summed E-state index contributed by atoms with van der Waals surface area (Å²) >= 11 is 0. The number of nitrogens with one attached hydrogen (secondary N) is 2. The third-order valence-corrected chi connectivity index (χ3v) is 5.43. The third-order valence-electron chi connectivity index (χ3n) is 5.43. The molecule has 30 heavy (non-hydrogen) atoms. The molecule has 1 aliphatic rings. The summed E-state index contributed by atoms with van der Waals surface area (Å²) in [5, 5.41) is 6.80. The summed E-state index contributed by atoms with van der Waals surface area (Å²) in [6.45, 7) is 8.73. The summed E-state index contributed by atoms with van der Waals surface area (Å²) in [5.74, 6) is 0.878. The predicted octanol–water partition coefficient (Wildman–Crippen LogP) is 3.57. The van der Waals surface area contributed by atoms with Crippen LogP contribution in [0.5, 0.6) is 0 Å². The molecule has 0 aromatic heterocycles. The van der Waals surface area contributed by atoms with Crippen molar-refractivity contribution in [3.63, 3.8) is 0 Å². The smallest absolute Gasteiger partial charge is 0.191 e. The quantitative estimate of drug-likeness (QED) is 0.229. The van der Waals surface area contributed by atoms with Crippen molar-refractivity contribution in [2.75, 3.05) is 46.3 Å². The minimum atomic E-state index is 0. The number of guanidine groups is 1. The van der Waals surface area contributed by atoms with E-state index in [0.717, 1.165) is 32.0 Å². The van der Waals surface area contributed by atoms with E-state index in [1.54, 1.807) is 0 Å². The monoisotopic (exact) mass is 521 g/mol. The van der Waals surface area contributed by atoms with Gasteiger partial charge >= 0.3 is 0 Å². The van der Waals surface area contributed by atoms with Crippen LogP contribution in [0, 0.1) is 0 Å². The topological polar surface area (TPSA) is 42.9 Å². The molecule has 0 amide bonds. The number of halogens is 1. The van der Waals surface area contributed by atoms with E-state index in [9.17, 15) is 0 Å². The lowest BCUT2D eigenvalue weighted by molar-refractivity contribution is 0.126. The van der Waals surface area contributed by atoms with E-state index in [-0.39, 0.29) is 24.0 Å². The highest BCUT2D eigenvalue weighted by Crippen LogP contribution is 2.09. The lowest BCUT2D eigenvalue weighted by atomic mass is 10.2. The molecule has 1 aliphatic heterocycles. The first-order valence-electron chi connectivity index (χ1n) is 10.8. The summed E-state index contributed by atoms with van der Waals surface area (Å²) in [6.07, 6.45) is 2.39. The molecule has 164 valence electrons. The predicted molar refractivity (Wildman–Crippen MR) is 137 cm³/mol. The number of unbranched alkanes of at least 4 members (excludes halogenated alkanes) is 1. The molecule has 0 saturated carbocycles. The maximum atomic E-state index is 4.31. The molecule has 0 atom stereocenters. The molecule has 6 heteroatoms. The van der Waals surface area contributed by atoms with Gasteiger partial charge in [-0.25, -0.2) is 0 Å². The summed E-state index contributed by atoms with van der Waals surface area (Å²) in [4.78, 5) is 9.48. The Morgan fingerprint density at radius 1 is 0.800 bits per heavy atom. The SMILES string of the molecule is CN=C(NCCCCN1CCN(Cc2ccccc2)CC1)NCc1ccccc1.I. The van der Waals surface area contributed by atoms with Crippen molar-refractivity contribution >= 4 is 29.9 Å². The van der Waals surface area contributed by atoms with E-state index in [0.29, 0.717) is 0 Å². The number of hydrogen-bond donors (Lipinski definition) is 2. The number of aliphatic imine (C=N–C) groups is 1. The molecule has 0 spiro atoms. The first kappa shape index (κ1) is 24.6. The Morgan fingerprint density at radius 3 is 2.03 bits per heavy atom. The summed E-state index contributed by atoms with van der Waals surface area (Å²) < 4.78 is 0. The molecule has 1 saturated heterocycles. The molecule has 1 fully saturated rings. The Morgan fingerprint density at radius 2 is 1.40 bits per heavy atom. The van der Waals surface area contributed by atoms with Crippen molar-refractivity contribution in [3.8, 4) is 0 Å². The van der Waals surface area contributed by atoms with Gasteiger partial charge in [0.15, 0.2) is 5.96 Å². The Hall–Kier alpha value is -1.64. The van der Waals surface area contributed by atoms with Crippen LogP contribution < -0.4 is 10.6 Å². The molecule has 2 N–H and O–H groups in total. The second-order valence-electron chi connectivity index (χ2n) is 7.65. The van der Waals surface area contributed by atoms with Gasteiger partial charge in [0, 0.05) is 52.9 Å². The van der Waals surface area contributed by atoms with Crippen LogP contribution in [-0.2, 0) is 13.1 Å². The second kappa shape index (κ2) is 14.4. The first-order valence-corrected chi connectivity index (χ1v) is 10.8. The van der Waals surface area contributed by atoms with Crippen molar-refractivity contribution in [3.05, 3.63) is 71.8 Å². The van der Waals surface area contributed by atoms with Gasteiger partial charge in [0.1, 0.15) is 0 Å². The van der Waals surface area contributed by atoms with Crippen molar-refractivity contribution in [2.45, 2.75) is 25.9 Å². The van der Waals surface area contributed by atoms with Crippen LogP contribution in [-0.4, -0.2) is 62.1 Å². The summed E-state index contributed by atoms with van der Waals surface area (Å²) in [6, 6.07) is 21.2. The lowest BCUT2D eigenvalue weighted by Crippen LogP contribution is -2.46. The number of benzene rings is 2. The van der Waals surface area contributed by atoms with E-state index < -0.39 is 0 Å². The zero-order valence-corrected chi connectivity index (χ0v) is 20.4. The van der Waals surface area contributed by atoms with Gasteiger partial charge < -0.3 is 15.5 Å². The standard InChI is InChI=1S/C24H35N5.HI/c1-25-24(27-20-22-10-4-2-5-11-22)26-14-8-9-15-28-16-18-29(19-17-28)21-23-12-6-3-7-13-23;/h2-7,10-13H,8-9,14-21H2,1H3,(H2,25,26,27);1H. The summed E-state index contributed by atoms with van der Waals surface area (Å²) in [7, 11) is 1.83. The number of piperazine rings is 1. The van der Waals surface area contributed by atoms with Crippen LogP contribution in [0.1, 0.15) is 24.0 Å². The number of rotatable bonds is 9. The third kappa shape index (κ3) is 9.02. The normalized spacial score (nSPS) is 15.4. The number of nitrogens with zero attached hydrogens (tertiary/aromatic N) is 3. The fourth-order valence-corrected chi connectivity index (χ4v) is 3.68. The van der Waals surface area contributed by atoms with E-state index >= 15 is 0 Å². The highest BCUT2D eigenvalue weighted by atomic mass is 127. The molecule has 2 aromatic carbocycles. The van der Waals surface area contributed by atoms with Gasteiger partial charge in [-0.3, -0.25) is 9.89 Å². The van der Waals surface area contributed by atoms with Gasteiger partial charge in [0.2, 0.25) is 0 Å². The Labute approximate surface area is 199 Å². The molecule has 5 nitrogen and oxygen atoms in total. The molecule has 0 unspecified atom stereocenters. The average molecular weight is 521 g/mol. The fourth-order valence-electron chi connectivity index (χ4n) is 3.68. The van der Waals surface area contributed by atoms with E-state index in [4.69, 9.17) is 0 Å². The number of hydrogen-bond acceptors (Lipinski definition) is 3. The van der Waals surface area contributed by atoms with Crippen LogP contribution >= 0.6 is 24.0 Å². The molecular weight excluding hydrogens is 485 g/mol. The van der Waals surface area contributed by atoms with Crippen molar-refractivity contribution < 1.29 is 0 Å². The molecule has 0 aliphatic carbocycles. The zero-order chi connectivity index (χ0) is 20.2. The molecule has 3 rings (SSSR count). The fraction of sp³-hybridized carbons (Fsp3) is 0.458. The largest absolute Gasteiger partial charge is 0.356 e. The molecule has 0 bridgehead atoms.